The molecule has 1 aromatic carbocycles. The fraction of sp³-hybridized carbons (Fsp3) is 0.438. The lowest BCUT2D eigenvalue weighted by molar-refractivity contribution is -0.124. The molecule has 3 rings (SSSR count). The molecule has 23 heavy (non-hydrogen) atoms. The van der Waals surface area contributed by atoms with Crippen LogP contribution in [0.3, 0.4) is 0 Å². The molecule has 7 heteroatoms. The van der Waals surface area contributed by atoms with Crippen molar-refractivity contribution in [1.29, 1.82) is 5.26 Å². The van der Waals surface area contributed by atoms with Crippen LogP contribution in [0.5, 0.6) is 0 Å². The molecule has 2 aliphatic rings. The first-order valence-electron chi connectivity index (χ1n) is 7.80. The molecular weight excluding hydrogens is 294 g/mol. The third kappa shape index (κ3) is 3.72. The number of hydrazine groups is 1. The van der Waals surface area contributed by atoms with Crippen LogP contribution >= 0.6 is 0 Å². The Kier molecular flexibility index (Phi) is 4.33. The molecule has 7 nitrogen and oxygen atoms in total. The molecule has 0 spiro atoms. The van der Waals surface area contributed by atoms with E-state index in [4.69, 9.17) is 5.26 Å². The van der Waals surface area contributed by atoms with Crippen molar-refractivity contribution in [1.82, 2.24) is 15.6 Å². The number of carbonyl (C=O) groups excluding carboxylic acids is 2. The predicted octanol–water partition coefficient (Wildman–Crippen LogP) is 1.34. The van der Waals surface area contributed by atoms with Gasteiger partial charge in [-0.15, -0.1) is 0 Å². The molecule has 1 heterocycles. The van der Waals surface area contributed by atoms with Gasteiger partial charge in [-0.3, -0.25) is 15.6 Å². The van der Waals surface area contributed by atoms with Gasteiger partial charge in [0.1, 0.15) is 6.04 Å². The van der Waals surface area contributed by atoms with Gasteiger partial charge in [-0.2, -0.15) is 5.26 Å². The Hall–Kier alpha value is -2.75. The summed E-state index contributed by atoms with van der Waals surface area (Å²) >= 11 is 0. The van der Waals surface area contributed by atoms with E-state index in [2.05, 4.69) is 16.2 Å². The Morgan fingerprint density at radius 3 is 2.83 bits per heavy atom. The van der Waals surface area contributed by atoms with Gasteiger partial charge >= 0.3 is 6.03 Å². The summed E-state index contributed by atoms with van der Waals surface area (Å²) in [5.41, 5.74) is 6.56. The highest BCUT2D eigenvalue weighted by Gasteiger charge is 2.36. The summed E-state index contributed by atoms with van der Waals surface area (Å²) in [5.74, 6) is -0.240. The molecule has 0 radical (unpaired) electrons. The third-order valence-electron chi connectivity index (χ3n) is 4.04. The van der Waals surface area contributed by atoms with E-state index in [0.717, 1.165) is 19.3 Å². The van der Waals surface area contributed by atoms with E-state index in [-0.39, 0.29) is 18.0 Å². The number of rotatable bonds is 4. The van der Waals surface area contributed by atoms with Crippen molar-refractivity contribution in [2.75, 3.05) is 12.0 Å². The second kappa shape index (κ2) is 6.57. The van der Waals surface area contributed by atoms with Crippen LogP contribution < -0.4 is 16.2 Å². The standard InChI is InChI=1S/C16H19N5O2/c17-10-11-3-1-4-13(9-11)19-20-15(22)14-5-2-8-21(14)16(23)18-12-6-7-12/h1,3-4,9,12,14,19H,2,5-8H2,(H,18,23)(H,20,22). The number of urea groups is 1. The van der Waals surface area contributed by atoms with Crippen LogP contribution in [0.2, 0.25) is 0 Å². The minimum Gasteiger partial charge on any atom is -0.335 e. The highest BCUT2D eigenvalue weighted by atomic mass is 16.2. The summed E-state index contributed by atoms with van der Waals surface area (Å²) in [7, 11) is 0. The van der Waals surface area contributed by atoms with E-state index in [1.54, 1.807) is 29.2 Å². The Labute approximate surface area is 134 Å². The summed E-state index contributed by atoms with van der Waals surface area (Å²) in [5, 5.41) is 11.8. The number of hydrogen-bond acceptors (Lipinski definition) is 4. The smallest absolute Gasteiger partial charge is 0.318 e. The summed E-state index contributed by atoms with van der Waals surface area (Å²) in [6.07, 6.45) is 3.52. The Balaban J connectivity index is 1.56. The Bertz CT molecular complexity index is 650. The second-order valence-electron chi connectivity index (χ2n) is 5.88. The first-order valence-corrected chi connectivity index (χ1v) is 7.80. The average Bonchev–Trinajstić information content (AvgIpc) is 3.24. The lowest BCUT2D eigenvalue weighted by atomic mass is 10.2. The third-order valence-corrected chi connectivity index (χ3v) is 4.04. The fourth-order valence-electron chi connectivity index (χ4n) is 2.65. The van der Waals surface area contributed by atoms with Gasteiger partial charge in [0.05, 0.1) is 17.3 Å². The summed E-state index contributed by atoms with van der Waals surface area (Å²) < 4.78 is 0. The van der Waals surface area contributed by atoms with Gasteiger partial charge in [0.25, 0.3) is 5.91 Å². The van der Waals surface area contributed by atoms with E-state index >= 15 is 0 Å². The molecule has 1 aliphatic heterocycles. The molecule has 1 unspecified atom stereocenters. The molecule has 3 N–H and O–H groups in total. The molecule has 1 atom stereocenters. The number of nitriles is 1. The summed E-state index contributed by atoms with van der Waals surface area (Å²) in [6.45, 7) is 0.598. The number of hydrogen-bond donors (Lipinski definition) is 3. The lowest BCUT2D eigenvalue weighted by Gasteiger charge is -2.24. The van der Waals surface area contributed by atoms with E-state index in [1.165, 1.54) is 0 Å². The molecule has 0 aromatic heterocycles. The van der Waals surface area contributed by atoms with E-state index < -0.39 is 6.04 Å². The quantitative estimate of drug-likeness (QED) is 0.731. The van der Waals surface area contributed by atoms with Crippen LogP contribution in [0.4, 0.5) is 10.5 Å². The van der Waals surface area contributed by atoms with Crippen LogP contribution in [0, 0.1) is 11.3 Å². The molecular formula is C16H19N5O2. The highest BCUT2D eigenvalue weighted by molar-refractivity contribution is 5.88. The molecule has 120 valence electrons. The van der Waals surface area contributed by atoms with Gasteiger partial charge in [0.15, 0.2) is 0 Å². The zero-order valence-electron chi connectivity index (χ0n) is 12.7. The van der Waals surface area contributed by atoms with Crippen LogP contribution in [-0.4, -0.2) is 35.5 Å². The maximum Gasteiger partial charge on any atom is 0.318 e. The van der Waals surface area contributed by atoms with Gasteiger partial charge in [-0.05, 0) is 43.9 Å². The van der Waals surface area contributed by atoms with Crippen LogP contribution in [-0.2, 0) is 4.79 Å². The normalized spacial score (nSPS) is 19.8. The van der Waals surface area contributed by atoms with E-state index in [1.807, 2.05) is 6.07 Å². The highest BCUT2D eigenvalue weighted by Crippen LogP contribution is 2.22. The molecule has 1 saturated carbocycles. The number of benzene rings is 1. The molecule has 1 saturated heterocycles. The van der Waals surface area contributed by atoms with Crippen LogP contribution in [0.15, 0.2) is 24.3 Å². The number of anilines is 1. The van der Waals surface area contributed by atoms with Crippen molar-refractivity contribution in [2.45, 2.75) is 37.8 Å². The van der Waals surface area contributed by atoms with Crippen molar-refractivity contribution in [2.24, 2.45) is 0 Å². The second-order valence-corrected chi connectivity index (χ2v) is 5.88. The minimum absolute atomic E-state index is 0.156. The molecule has 1 aromatic rings. The zero-order valence-corrected chi connectivity index (χ0v) is 12.7. The van der Waals surface area contributed by atoms with Gasteiger partial charge in [0, 0.05) is 12.6 Å². The van der Waals surface area contributed by atoms with Crippen LogP contribution in [0.1, 0.15) is 31.2 Å². The van der Waals surface area contributed by atoms with Gasteiger partial charge in [0.2, 0.25) is 0 Å². The molecule has 3 amide bonds. The lowest BCUT2D eigenvalue weighted by Crippen LogP contribution is -2.50. The number of amides is 3. The van der Waals surface area contributed by atoms with E-state index in [9.17, 15) is 9.59 Å². The maximum absolute atomic E-state index is 12.3. The van der Waals surface area contributed by atoms with Crippen molar-refractivity contribution >= 4 is 17.6 Å². The first kappa shape index (κ1) is 15.2. The summed E-state index contributed by atoms with van der Waals surface area (Å²) in [6, 6.07) is 8.53. The number of likely N-dealkylation sites (tertiary alicyclic amines) is 1. The Morgan fingerprint density at radius 1 is 1.26 bits per heavy atom. The molecule has 2 fully saturated rings. The maximum atomic E-state index is 12.3. The monoisotopic (exact) mass is 313 g/mol. The first-order chi connectivity index (χ1) is 11.2. The Morgan fingerprint density at radius 2 is 2.09 bits per heavy atom. The fourth-order valence-corrected chi connectivity index (χ4v) is 2.65. The van der Waals surface area contributed by atoms with Crippen molar-refractivity contribution < 1.29 is 9.59 Å². The van der Waals surface area contributed by atoms with Crippen molar-refractivity contribution in [3.8, 4) is 6.07 Å². The topological polar surface area (TPSA) is 97.3 Å². The van der Waals surface area contributed by atoms with Gasteiger partial charge in [-0.25, -0.2) is 4.79 Å². The number of nitrogens with zero attached hydrogens (tertiary/aromatic N) is 2. The van der Waals surface area contributed by atoms with Gasteiger partial charge < -0.3 is 10.2 Å². The largest absolute Gasteiger partial charge is 0.335 e. The van der Waals surface area contributed by atoms with Gasteiger partial charge in [-0.1, -0.05) is 6.07 Å². The van der Waals surface area contributed by atoms with Crippen LogP contribution in [0.25, 0.3) is 0 Å². The minimum atomic E-state index is -0.458. The number of nitrogens with one attached hydrogen (secondary N) is 3. The summed E-state index contributed by atoms with van der Waals surface area (Å²) in [4.78, 5) is 26.1. The van der Waals surface area contributed by atoms with E-state index in [0.29, 0.717) is 24.2 Å². The zero-order chi connectivity index (χ0) is 16.2. The van der Waals surface area contributed by atoms with Crippen molar-refractivity contribution in [3.63, 3.8) is 0 Å². The predicted molar refractivity (Wildman–Crippen MR) is 84.2 cm³/mol. The van der Waals surface area contributed by atoms with Crippen molar-refractivity contribution in [3.05, 3.63) is 29.8 Å². The SMILES string of the molecule is N#Cc1cccc(NNC(=O)C2CCCN2C(=O)NC2CC2)c1. The molecule has 0 bridgehead atoms. The number of carbonyl (C=O) groups is 2. The average molecular weight is 313 g/mol. The molecule has 1 aliphatic carbocycles.